The third kappa shape index (κ3) is 2.79. The lowest BCUT2D eigenvalue weighted by molar-refractivity contribution is -0.143. The van der Waals surface area contributed by atoms with Gasteiger partial charge in [-0.05, 0) is 42.9 Å². The zero-order valence-electron chi connectivity index (χ0n) is 12.7. The predicted molar refractivity (Wildman–Crippen MR) is 82.0 cm³/mol. The van der Waals surface area contributed by atoms with Gasteiger partial charge in [-0.15, -0.1) is 0 Å². The second-order valence-corrected chi connectivity index (χ2v) is 5.84. The third-order valence-electron chi connectivity index (χ3n) is 4.96. The molecule has 0 aromatic heterocycles. The summed E-state index contributed by atoms with van der Waals surface area (Å²) >= 11 is 0. The van der Waals surface area contributed by atoms with Gasteiger partial charge in [-0.1, -0.05) is 32.4 Å². The molecule has 0 spiro atoms. The van der Waals surface area contributed by atoms with E-state index in [4.69, 9.17) is 11.0 Å². The Morgan fingerprint density at radius 3 is 2.86 bits per heavy atom. The molecule has 1 saturated carbocycles. The Morgan fingerprint density at radius 1 is 1.57 bits per heavy atom. The Bertz CT molecular complexity index is 557. The highest BCUT2D eigenvalue weighted by Gasteiger charge is 2.50. The van der Waals surface area contributed by atoms with Crippen molar-refractivity contribution in [3.8, 4) is 6.07 Å². The lowest BCUT2D eigenvalue weighted by Gasteiger charge is -2.48. The van der Waals surface area contributed by atoms with Crippen molar-refractivity contribution < 1.29 is 4.79 Å². The van der Waals surface area contributed by atoms with E-state index in [-0.39, 0.29) is 11.3 Å². The number of nitrogens with one attached hydrogen (secondary N) is 1. The van der Waals surface area contributed by atoms with Crippen LogP contribution in [0.25, 0.3) is 0 Å². The monoisotopic (exact) mass is 285 g/mol. The second-order valence-electron chi connectivity index (χ2n) is 5.84. The first-order valence-electron chi connectivity index (χ1n) is 7.64. The average molecular weight is 285 g/mol. The van der Waals surface area contributed by atoms with E-state index >= 15 is 0 Å². The van der Waals surface area contributed by atoms with Gasteiger partial charge in [0.1, 0.15) is 6.17 Å². The van der Waals surface area contributed by atoms with E-state index in [1.807, 2.05) is 6.07 Å². The first-order chi connectivity index (χ1) is 10.1. The summed E-state index contributed by atoms with van der Waals surface area (Å²) in [4.78, 5) is 12.6. The summed E-state index contributed by atoms with van der Waals surface area (Å²) in [5.74, 6) is 0.512. The molecule has 0 aliphatic heterocycles. The molecule has 3 unspecified atom stereocenters. The van der Waals surface area contributed by atoms with Crippen LogP contribution < -0.4 is 11.1 Å². The van der Waals surface area contributed by atoms with E-state index < -0.39 is 6.17 Å². The molecule has 2 rings (SSSR count). The highest BCUT2D eigenvalue weighted by molar-refractivity contribution is 5.84. The molecule has 1 amide bonds. The number of carbonyl (C=O) groups is 1. The van der Waals surface area contributed by atoms with Crippen molar-refractivity contribution >= 4 is 5.91 Å². The lowest BCUT2D eigenvalue weighted by atomic mass is 9.57. The van der Waals surface area contributed by atoms with Crippen LogP contribution in [0.2, 0.25) is 0 Å². The number of amides is 1. The van der Waals surface area contributed by atoms with Crippen molar-refractivity contribution in [2.24, 2.45) is 17.1 Å². The van der Waals surface area contributed by atoms with Gasteiger partial charge < -0.3 is 11.1 Å². The van der Waals surface area contributed by atoms with Crippen molar-refractivity contribution in [1.82, 2.24) is 5.32 Å². The number of hydrogen-bond donors (Lipinski definition) is 2. The number of nitrogens with two attached hydrogens (primary N) is 1. The van der Waals surface area contributed by atoms with Crippen LogP contribution in [0.15, 0.2) is 24.3 Å². The molecule has 0 radical (unpaired) electrons. The molecule has 3 atom stereocenters. The maximum absolute atomic E-state index is 12.6. The molecular weight excluding hydrogens is 262 g/mol. The van der Waals surface area contributed by atoms with Gasteiger partial charge in [-0.3, -0.25) is 4.79 Å². The standard InChI is InChI=1S/C17H23N3O/c1-3-14-8-9-17(14,4-2)16(21)20-15(19)13-7-5-6-12(10-13)11-18/h5-7,10,14-15H,3-4,8-9,19H2,1-2H3,(H,20,21). The number of carbonyl (C=O) groups excluding carboxylic acids is 1. The zero-order valence-corrected chi connectivity index (χ0v) is 12.7. The van der Waals surface area contributed by atoms with Crippen molar-refractivity contribution in [3.05, 3.63) is 35.4 Å². The molecule has 1 aromatic rings. The molecule has 4 nitrogen and oxygen atoms in total. The van der Waals surface area contributed by atoms with E-state index in [0.717, 1.165) is 31.2 Å². The fraction of sp³-hybridized carbons (Fsp3) is 0.529. The quantitative estimate of drug-likeness (QED) is 0.816. The molecule has 0 saturated heterocycles. The van der Waals surface area contributed by atoms with Crippen molar-refractivity contribution in [2.75, 3.05) is 0 Å². The summed E-state index contributed by atoms with van der Waals surface area (Å²) in [6.07, 6.45) is 3.38. The third-order valence-corrected chi connectivity index (χ3v) is 4.96. The molecule has 21 heavy (non-hydrogen) atoms. The normalized spacial score (nSPS) is 25.5. The minimum Gasteiger partial charge on any atom is -0.336 e. The summed E-state index contributed by atoms with van der Waals surface area (Å²) in [5.41, 5.74) is 7.16. The smallest absolute Gasteiger partial charge is 0.227 e. The summed E-state index contributed by atoms with van der Waals surface area (Å²) in [5, 5.41) is 11.9. The van der Waals surface area contributed by atoms with Gasteiger partial charge >= 0.3 is 0 Å². The van der Waals surface area contributed by atoms with Crippen LogP contribution >= 0.6 is 0 Å². The maximum Gasteiger partial charge on any atom is 0.227 e. The van der Waals surface area contributed by atoms with Crippen molar-refractivity contribution in [2.45, 2.75) is 45.7 Å². The molecule has 0 heterocycles. The molecule has 112 valence electrons. The molecule has 3 N–H and O–H groups in total. The van der Waals surface area contributed by atoms with Crippen molar-refractivity contribution in [1.29, 1.82) is 5.26 Å². The van der Waals surface area contributed by atoms with Crippen LogP contribution in [0, 0.1) is 22.7 Å². The minimum atomic E-state index is -0.563. The molecule has 1 aliphatic rings. The van der Waals surface area contributed by atoms with Crippen LogP contribution in [-0.4, -0.2) is 5.91 Å². The number of rotatable bonds is 5. The minimum absolute atomic E-state index is 0.0537. The largest absolute Gasteiger partial charge is 0.336 e. The Morgan fingerprint density at radius 2 is 2.33 bits per heavy atom. The molecular formula is C17H23N3O. The zero-order chi connectivity index (χ0) is 15.5. The van der Waals surface area contributed by atoms with E-state index in [9.17, 15) is 4.79 Å². The number of nitrogens with zero attached hydrogens (tertiary/aromatic N) is 1. The number of hydrogen-bond acceptors (Lipinski definition) is 3. The molecule has 1 aromatic carbocycles. The van der Waals surface area contributed by atoms with Gasteiger partial charge in [0.05, 0.1) is 17.0 Å². The van der Waals surface area contributed by atoms with Crippen LogP contribution in [0.1, 0.15) is 56.8 Å². The number of benzene rings is 1. The average Bonchev–Trinajstić information content (AvgIpc) is 2.47. The second kappa shape index (κ2) is 6.28. The Labute approximate surface area is 126 Å². The Kier molecular flexibility index (Phi) is 4.64. The molecule has 4 heteroatoms. The first-order valence-corrected chi connectivity index (χ1v) is 7.64. The van der Waals surface area contributed by atoms with Crippen LogP contribution in [0.5, 0.6) is 0 Å². The van der Waals surface area contributed by atoms with Gasteiger partial charge in [0.15, 0.2) is 0 Å². The number of nitriles is 1. The van der Waals surface area contributed by atoms with Crippen molar-refractivity contribution in [3.63, 3.8) is 0 Å². The van der Waals surface area contributed by atoms with E-state index in [1.54, 1.807) is 18.2 Å². The molecule has 0 bridgehead atoms. The van der Waals surface area contributed by atoms with Gasteiger partial charge in [0.25, 0.3) is 0 Å². The van der Waals surface area contributed by atoms with E-state index in [2.05, 4.69) is 25.2 Å². The fourth-order valence-corrected chi connectivity index (χ4v) is 3.39. The lowest BCUT2D eigenvalue weighted by Crippen LogP contribution is -2.53. The van der Waals surface area contributed by atoms with Crippen LogP contribution in [-0.2, 0) is 4.79 Å². The molecule has 1 aliphatic carbocycles. The SMILES string of the molecule is CCC1CCC1(CC)C(=O)NC(N)c1cccc(C#N)c1. The van der Waals surface area contributed by atoms with Crippen LogP contribution in [0.3, 0.4) is 0 Å². The molecule has 1 fully saturated rings. The van der Waals surface area contributed by atoms with E-state index in [1.165, 1.54) is 0 Å². The van der Waals surface area contributed by atoms with Crippen LogP contribution in [0.4, 0.5) is 0 Å². The fourth-order valence-electron chi connectivity index (χ4n) is 3.39. The Balaban J connectivity index is 2.10. The summed E-state index contributed by atoms with van der Waals surface area (Å²) < 4.78 is 0. The predicted octanol–water partition coefficient (Wildman–Crippen LogP) is 2.85. The van der Waals surface area contributed by atoms with Gasteiger partial charge in [0, 0.05) is 0 Å². The van der Waals surface area contributed by atoms with Gasteiger partial charge in [-0.25, -0.2) is 0 Å². The Hall–Kier alpha value is -1.86. The highest BCUT2D eigenvalue weighted by Crippen LogP contribution is 2.51. The summed E-state index contributed by atoms with van der Waals surface area (Å²) in [6.45, 7) is 4.21. The topological polar surface area (TPSA) is 78.9 Å². The summed E-state index contributed by atoms with van der Waals surface area (Å²) in [6, 6.07) is 9.16. The van der Waals surface area contributed by atoms with E-state index in [0.29, 0.717) is 11.5 Å². The summed E-state index contributed by atoms with van der Waals surface area (Å²) in [7, 11) is 0. The van der Waals surface area contributed by atoms with Gasteiger partial charge in [0.2, 0.25) is 5.91 Å². The maximum atomic E-state index is 12.6. The first kappa shape index (κ1) is 15.5. The highest BCUT2D eigenvalue weighted by atomic mass is 16.2. The van der Waals surface area contributed by atoms with Gasteiger partial charge in [-0.2, -0.15) is 5.26 Å².